The fraction of sp³-hybridized carbons (Fsp3) is 0.533. The summed E-state index contributed by atoms with van der Waals surface area (Å²) < 4.78 is 48.5. The van der Waals surface area contributed by atoms with Gasteiger partial charge >= 0.3 is 16.3 Å². The Hall–Kier alpha value is -3.82. The summed E-state index contributed by atoms with van der Waals surface area (Å²) in [6, 6.07) is 7.95. The summed E-state index contributed by atoms with van der Waals surface area (Å²) in [5, 5.41) is 5.82. The van der Waals surface area contributed by atoms with E-state index in [9.17, 15) is 22.4 Å². The van der Waals surface area contributed by atoms with Crippen molar-refractivity contribution in [3.05, 3.63) is 47.5 Å². The van der Waals surface area contributed by atoms with Crippen molar-refractivity contribution < 1.29 is 27.1 Å². The van der Waals surface area contributed by atoms with Crippen LogP contribution in [0.1, 0.15) is 54.2 Å². The number of benzene rings is 1. The molecule has 3 fully saturated rings. The molecule has 15 heteroatoms. The van der Waals surface area contributed by atoms with Crippen molar-refractivity contribution in [1.29, 1.82) is 0 Å². The van der Waals surface area contributed by atoms with E-state index in [1.54, 1.807) is 27.8 Å². The van der Waals surface area contributed by atoms with E-state index < -0.39 is 16.1 Å². The number of halogens is 1. The predicted octanol–water partition coefficient (Wildman–Crippen LogP) is 2.72. The Bertz CT molecular complexity index is 1680. The maximum atomic E-state index is 13.9. The van der Waals surface area contributed by atoms with Gasteiger partial charge in [0.15, 0.2) is 5.65 Å². The van der Waals surface area contributed by atoms with Crippen molar-refractivity contribution in [3.8, 4) is 5.69 Å². The summed E-state index contributed by atoms with van der Waals surface area (Å²) in [7, 11) is 0.0178. The van der Waals surface area contributed by atoms with E-state index in [0.29, 0.717) is 43.6 Å². The van der Waals surface area contributed by atoms with Gasteiger partial charge in [-0.2, -0.15) is 17.8 Å². The number of carbonyl (C=O) groups excluding carboxylic acids is 2. The second-order valence-electron chi connectivity index (χ2n) is 12.1. The Morgan fingerprint density at radius 2 is 1.67 bits per heavy atom. The first kappa shape index (κ1) is 31.2. The van der Waals surface area contributed by atoms with E-state index in [0.717, 1.165) is 66.3 Å². The molecule has 2 aliphatic heterocycles. The van der Waals surface area contributed by atoms with Crippen LogP contribution < -0.4 is 9.62 Å². The third-order valence-corrected chi connectivity index (χ3v) is 10.6. The van der Waals surface area contributed by atoms with Crippen LogP contribution in [-0.4, -0.2) is 116 Å². The molecule has 0 unspecified atom stereocenters. The van der Waals surface area contributed by atoms with E-state index in [1.165, 1.54) is 33.3 Å². The highest BCUT2D eigenvalue weighted by molar-refractivity contribution is 7.87. The molecule has 0 bridgehead atoms. The Kier molecular flexibility index (Phi) is 8.68. The number of fused-ring (bicyclic) bond motifs is 1. The molecule has 2 saturated heterocycles. The summed E-state index contributed by atoms with van der Waals surface area (Å²) in [6.07, 6.45) is 4.52. The van der Waals surface area contributed by atoms with Crippen LogP contribution >= 0.6 is 0 Å². The van der Waals surface area contributed by atoms with Crippen LogP contribution in [0, 0.1) is 5.82 Å². The van der Waals surface area contributed by atoms with Crippen LogP contribution in [0.3, 0.4) is 0 Å². The molecule has 3 aliphatic rings. The topological polar surface area (TPSA) is 133 Å². The minimum absolute atomic E-state index is 0.0487. The fourth-order valence-electron chi connectivity index (χ4n) is 6.35. The number of pyridine rings is 1. The van der Waals surface area contributed by atoms with E-state index >= 15 is 0 Å². The van der Waals surface area contributed by atoms with Gasteiger partial charge < -0.3 is 14.5 Å². The van der Waals surface area contributed by atoms with Gasteiger partial charge in [-0.05, 0) is 56.0 Å². The van der Waals surface area contributed by atoms with Crippen molar-refractivity contribution >= 4 is 38.9 Å². The summed E-state index contributed by atoms with van der Waals surface area (Å²) in [4.78, 5) is 36.4. The molecular weight excluding hydrogens is 603 g/mol. The van der Waals surface area contributed by atoms with Crippen molar-refractivity contribution in [2.45, 2.75) is 44.1 Å². The number of piperidine rings is 1. The average molecular weight is 643 g/mol. The van der Waals surface area contributed by atoms with E-state index in [2.05, 4.69) is 19.5 Å². The second-order valence-corrected chi connectivity index (χ2v) is 13.9. The predicted molar refractivity (Wildman–Crippen MR) is 166 cm³/mol. The molecule has 3 aromatic rings. The zero-order valence-corrected chi connectivity index (χ0v) is 26.6. The number of anilines is 1. The zero-order chi connectivity index (χ0) is 31.9. The zero-order valence-electron chi connectivity index (χ0n) is 25.8. The number of rotatable bonds is 7. The molecule has 2 amide bonds. The van der Waals surface area contributed by atoms with Crippen LogP contribution in [0.15, 0.2) is 30.3 Å². The molecule has 45 heavy (non-hydrogen) atoms. The van der Waals surface area contributed by atoms with Gasteiger partial charge in [-0.3, -0.25) is 9.69 Å². The van der Waals surface area contributed by atoms with Crippen molar-refractivity contribution in [1.82, 2.24) is 33.6 Å². The van der Waals surface area contributed by atoms with Crippen LogP contribution in [0.5, 0.6) is 0 Å². The van der Waals surface area contributed by atoms with E-state index in [-0.39, 0.29) is 23.5 Å². The number of ether oxygens (including phenoxy) is 1. The number of hydrogen-bond acceptors (Lipinski definition) is 9. The van der Waals surface area contributed by atoms with Crippen LogP contribution in [0.2, 0.25) is 0 Å². The van der Waals surface area contributed by atoms with Crippen LogP contribution in [0.4, 0.5) is 14.9 Å². The third-order valence-electron chi connectivity index (χ3n) is 9.21. The quantitative estimate of drug-likeness (QED) is 0.413. The molecule has 6 rings (SSSR count). The molecule has 0 radical (unpaired) electrons. The molecular formula is C30H39FN8O5S. The maximum Gasteiger partial charge on any atom is 0.409 e. The Morgan fingerprint density at radius 3 is 2.24 bits per heavy atom. The molecule has 1 aromatic carbocycles. The molecule has 0 spiro atoms. The monoisotopic (exact) mass is 642 g/mol. The molecule has 1 N–H and O–H groups in total. The lowest BCUT2D eigenvalue weighted by Gasteiger charge is -2.43. The van der Waals surface area contributed by atoms with Gasteiger partial charge in [0, 0.05) is 65.3 Å². The number of methoxy groups -OCH3 is 1. The van der Waals surface area contributed by atoms with E-state index in [1.807, 2.05) is 0 Å². The van der Waals surface area contributed by atoms with Gasteiger partial charge in [0.2, 0.25) is 0 Å². The maximum absolute atomic E-state index is 13.9. The summed E-state index contributed by atoms with van der Waals surface area (Å²) in [6.45, 7) is 4.23. The third kappa shape index (κ3) is 6.20. The first-order chi connectivity index (χ1) is 21.6. The smallest absolute Gasteiger partial charge is 0.409 e. The molecule has 2 aromatic heterocycles. The van der Waals surface area contributed by atoms with E-state index in [4.69, 9.17) is 9.84 Å². The number of amides is 2. The van der Waals surface area contributed by atoms with Crippen molar-refractivity contribution in [3.63, 3.8) is 0 Å². The number of carbonyl (C=O) groups is 2. The largest absolute Gasteiger partial charge is 0.453 e. The van der Waals surface area contributed by atoms with Crippen LogP contribution in [0.25, 0.3) is 16.7 Å². The van der Waals surface area contributed by atoms with Gasteiger partial charge in [-0.25, -0.2) is 23.6 Å². The number of nitrogens with one attached hydrogen (secondary N) is 1. The molecule has 242 valence electrons. The first-order valence-electron chi connectivity index (χ1n) is 15.3. The number of nitrogens with zero attached hydrogens (tertiary/aromatic N) is 7. The lowest BCUT2D eigenvalue weighted by molar-refractivity contribution is 0.0687. The Labute approximate surface area is 262 Å². The van der Waals surface area contributed by atoms with Gasteiger partial charge in [0.25, 0.3) is 5.91 Å². The van der Waals surface area contributed by atoms with Gasteiger partial charge in [-0.1, -0.05) is 6.42 Å². The first-order valence-corrected chi connectivity index (χ1v) is 16.8. The fourth-order valence-corrected chi connectivity index (χ4v) is 6.87. The summed E-state index contributed by atoms with van der Waals surface area (Å²) in [5.74, 6) is -0.999. The molecule has 1 aliphatic carbocycles. The lowest BCUT2D eigenvalue weighted by atomic mass is 9.82. The number of hydrogen-bond donors (Lipinski definition) is 1. The average Bonchev–Trinajstić information content (AvgIpc) is 3.38. The molecule has 13 nitrogen and oxygen atoms in total. The normalized spacial score (nSPS) is 18.8. The standard InChI is InChI=1S/C30H39FN8O5S/c1-35(2)45(42,43)34-29(40)24-19-25(37-13-11-22(12-14-37)36-15-17-38(18-16-36)30(41)44-3)26-27(20-5-4-6-20)33-39(28(26)32-24)23-9-7-21(31)8-10-23/h7-10,19-20,22H,4-6,11-18H2,1-3H3,(H,34,40). The second kappa shape index (κ2) is 12.5. The summed E-state index contributed by atoms with van der Waals surface area (Å²) >= 11 is 0. The van der Waals surface area contributed by atoms with Crippen LogP contribution in [-0.2, 0) is 14.9 Å². The Balaban J connectivity index is 1.36. The van der Waals surface area contributed by atoms with Crippen molar-refractivity contribution in [2.24, 2.45) is 0 Å². The highest BCUT2D eigenvalue weighted by Gasteiger charge is 2.34. The number of aromatic nitrogens is 3. The highest BCUT2D eigenvalue weighted by atomic mass is 32.2. The number of piperazine rings is 1. The molecule has 0 atom stereocenters. The lowest BCUT2D eigenvalue weighted by Crippen LogP contribution is -2.54. The minimum atomic E-state index is -4.06. The minimum Gasteiger partial charge on any atom is -0.453 e. The Morgan fingerprint density at radius 1 is 1.00 bits per heavy atom. The highest BCUT2D eigenvalue weighted by Crippen LogP contribution is 2.43. The van der Waals surface area contributed by atoms with Gasteiger partial charge in [-0.15, -0.1) is 0 Å². The molecule has 4 heterocycles. The molecule has 1 saturated carbocycles. The van der Waals surface area contributed by atoms with Gasteiger partial charge in [0.1, 0.15) is 11.5 Å². The SMILES string of the molecule is COC(=O)N1CCN(C2CCN(c3cc(C(=O)NS(=O)(=O)N(C)C)nc4c3c(C3CCC3)nn4-c3ccc(F)cc3)CC2)CC1. The van der Waals surface area contributed by atoms with Crippen molar-refractivity contribution in [2.75, 3.05) is 65.4 Å². The van der Waals surface area contributed by atoms with Gasteiger partial charge in [0.05, 0.1) is 29.6 Å². The summed E-state index contributed by atoms with van der Waals surface area (Å²) in [5.41, 5.74) is 2.64.